The molecule has 0 radical (unpaired) electrons. The average Bonchev–Trinajstić information content (AvgIpc) is 2.45. The molecule has 4 heteroatoms. The zero-order valence-corrected chi connectivity index (χ0v) is 10.6. The molecule has 0 aliphatic heterocycles. The maximum absolute atomic E-state index is 11.3. The summed E-state index contributed by atoms with van der Waals surface area (Å²) in [7, 11) is 1.57. The number of phenolic OH excluding ortho intramolecular Hbond substituents is 1. The molecule has 2 aromatic carbocycles. The second-order valence-electron chi connectivity index (χ2n) is 4.20. The largest absolute Gasteiger partial charge is 0.508 e. The van der Waals surface area contributed by atoms with E-state index in [0.29, 0.717) is 12.2 Å². The molecule has 0 spiro atoms. The van der Waals surface area contributed by atoms with Crippen LogP contribution in [0.1, 0.15) is 16.5 Å². The Kier molecular flexibility index (Phi) is 2.85. The minimum absolute atomic E-state index is 0.120. The number of carbonyl (C=O) groups excluding carboxylic acids is 1. The first kappa shape index (κ1) is 9.67. The van der Waals surface area contributed by atoms with E-state index in [1.54, 1.807) is 25.3 Å². The van der Waals surface area contributed by atoms with E-state index in [4.69, 9.17) is 8.85 Å². The fraction of sp³-hybridized carbons (Fsp3) is 0.267. The van der Waals surface area contributed by atoms with E-state index in [-0.39, 0.29) is 12.3 Å². The van der Waals surface area contributed by atoms with E-state index in [1.165, 1.54) is 0 Å². The maximum atomic E-state index is 11.3. The van der Waals surface area contributed by atoms with Crippen molar-refractivity contribution in [2.75, 3.05) is 13.7 Å². The number of ether oxygens (including phenoxy) is 1. The van der Waals surface area contributed by atoms with Gasteiger partial charge in [-0.3, -0.25) is 4.79 Å². The number of hydrogen-bond acceptors (Lipinski definition) is 3. The van der Waals surface area contributed by atoms with Crippen LogP contribution < -0.4 is 10.1 Å². The number of hydrogen-bond donors (Lipinski definition) is 2. The quantitative estimate of drug-likeness (QED) is 0.888. The monoisotopic (exact) mass is 262 g/mol. The Morgan fingerprint density at radius 3 is 3.00 bits per heavy atom. The van der Waals surface area contributed by atoms with Crippen LogP contribution in [0, 0.1) is 0 Å². The summed E-state index contributed by atoms with van der Waals surface area (Å²) < 4.78 is 26.2. The number of aromatic hydroxyl groups is 1. The van der Waals surface area contributed by atoms with Crippen LogP contribution in [0.2, 0.25) is 0 Å². The average molecular weight is 262 g/mol. The number of nitrogens with one attached hydrogen (secondary N) is 1. The normalized spacial score (nSPS) is 13.4. The molecule has 0 fully saturated rings. The van der Waals surface area contributed by atoms with Crippen LogP contribution in [0.4, 0.5) is 0 Å². The van der Waals surface area contributed by atoms with Crippen molar-refractivity contribution in [3.8, 4) is 11.5 Å². The lowest BCUT2D eigenvalue weighted by Gasteiger charge is -2.10. The van der Waals surface area contributed by atoms with Crippen molar-refractivity contribution in [2.24, 2.45) is 0 Å². The van der Waals surface area contributed by atoms with Crippen LogP contribution in [0.15, 0.2) is 30.3 Å². The third-order valence-corrected chi connectivity index (χ3v) is 2.91. The van der Waals surface area contributed by atoms with Gasteiger partial charge in [0.2, 0.25) is 5.91 Å². The summed E-state index contributed by atoms with van der Waals surface area (Å²) in [5.41, 5.74) is 0.805. The van der Waals surface area contributed by atoms with E-state index in [0.717, 1.165) is 16.3 Å². The highest BCUT2D eigenvalue weighted by molar-refractivity contribution is 5.88. The van der Waals surface area contributed by atoms with Crippen LogP contribution in [0.3, 0.4) is 0 Å². The molecule has 0 aliphatic carbocycles. The van der Waals surface area contributed by atoms with Gasteiger partial charge in [-0.15, -0.1) is 0 Å². The molecule has 100 valence electrons. The number of carbonyl (C=O) groups is 1. The molecular weight excluding hydrogens is 242 g/mol. The molecule has 0 aliphatic rings. The van der Waals surface area contributed by atoms with Crippen molar-refractivity contribution in [3.05, 3.63) is 35.9 Å². The smallest absolute Gasteiger partial charge is 0.216 e. The second kappa shape index (κ2) is 5.61. The topological polar surface area (TPSA) is 58.6 Å². The molecule has 2 N–H and O–H groups in total. The molecule has 1 amide bonds. The molecule has 19 heavy (non-hydrogen) atoms. The third kappa shape index (κ3) is 3.16. The van der Waals surface area contributed by atoms with Crippen LogP contribution in [0.5, 0.6) is 11.5 Å². The van der Waals surface area contributed by atoms with Gasteiger partial charge in [0.15, 0.2) is 0 Å². The first-order chi connectivity index (χ1) is 10.3. The molecule has 0 saturated carbocycles. The van der Waals surface area contributed by atoms with Gasteiger partial charge in [-0.2, -0.15) is 0 Å². The lowest BCUT2D eigenvalue weighted by atomic mass is 10.0. The summed E-state index contributed by atoms with van der Waals surface area (Å²) in [6.45, 7) is -2.48. The van der Waals surface area contributed by atoms with Crippen LogP contribution in [0.25, 0.3) is 10.8 Å². The van der Waals surface area contributed by atoms with Crippen molar-refractivity contribution in [1.29, 1.82) is 0 Å². The molecule has 2 rings (SSSR count). The molecule has 0 saturated heterocycles. The molecule has 0 heterocycles. The van der Waals surface area contributed by atoms with Crippen LogP contribution >= 0.6 is 0 Å². The maximum Gasteiger partial charge on any atom is 0.216 e. The van der Waals surface area contributed by atoms with Gasteiger partial charge in [0.1, 0.15) is 11.5 Å². The SMILES string of the molecule is [2H]C([2H])([2H])C(=O)NCCc1cc(O)cc2ccc(OC)cc12. The van der Waals surface area contributed by atoms with Crippen molar-refractivity contribution >= 4 is 16.7 Å². The summed E-state index contributed by atoms with van der Waals surface area (Å²) in [5.74, 6) is -0.171. The zero-order chi connectivity index (χ0) is 16.3. The molecular formula is C15H17NO3. The van der Waals surface area contributed by atoms with E-state index in [1.807, 2.05) is 12.1 Å². The van der Waals surface area contributed by atoms with Gasteiger partial charge in [0.25, 0.3) is 0 Å². The number of amides is 1. The standard InChI is InChI=1S/C15H17NO3/c1-10(17)16-6-5-12-8-13(18)7-11-3-4-14(19-2)9-15(11)12/h3-4,7-9,18H,5-6H2,1-2H3,(H,16,17)/i1D3. The summed E-state index contributed by atoms with van der Waals surface area (Å²) in [6.07, 6.45) is 0.403. The van der Waals surface area contributed by atoms with E-state index in [9.17, 15) is 9.90 Å². The number of fused-ring (bicyclic) bond motifs is 1. The molecule has 4 nitrogen and oxygen atoms in total. The van der Waals surface area contributed by atoms with E-state index < -0.39 is 12.8 Å². The Morgan fingerprint density at radius 1 is 1.42 bits per heavy atom. The first-order valence-electron chi connectivity index (χ1n) is 7.39. The van der Waals surface area contributed by atoms with Gasteiger partial charge in [-0.05, 0) is 47.0 Å². The lowest BCUT2D eigenvalue weighted by molar-refractivity contribution is -0.118. The van der Waals surface area contributed by atoms with E-state index in [2.05, 4.69) is 5.32 Å². The highest BCUT2D eigenvalue weighted by Crippen LogP contribution is 2.28. The van der Waals surface area contributed by atoms with Gasteiger partial charge < -0.3 is 15.2 Å². The summed E-state index contributed by atoms with van der Waals surface area (Å²) >= 11 is 0. The Morgan fingerprint density at radius 2 is 2.26 bits per heavy atom. The van der Waals surface area contributed by atoms with Crippen LogP contribution in [-0.4, -0.2) is 24.7 Å². The fourth-order valence-corrected chi connectivity index (χ4v) is 2.04. The van der Waals surface area contributed by atoms with Crippen molar-refractivity contribution in [2.45, 2.75) is 13.3 Å². The second-order valence-corrected chi connectivity index (χ2v) is 4.20. The Hall–Kier alpha value is -2.23. The predicted octanol–water partition coefficient (Wildman–Crippen LogP) is 2.23. The fourth-order valence-electron chi connectivity index (χ4n) is 2.04. The number of rotatable bonds is 4. The number of methoxy groups -OCH3 is 1. The summed E-state index contributed by atoms with van der Waals surface area (Å²) in [4.78, 5) is 11.3. The highest BCUT2D eigenvalue weighted by atomic mass is 16.5. The van der Waals surface area contributed by atoms with Gasteiger partial charge >= 0.3 is 0 Å². The molecule has 2 aromatic rings. The van der Waals surface area contributed by atoms with Gasteiger partial charge in [-0.1, -0.05) is 6.07 Å². The van der Waals surface area contributed by atoms with Crippen molar-refractivity contribution in [1.82, 2.24) is 5.32 Å². The van der Waals surface area contributed by atoms with Gasteiger partial charge in [0.05, 0.1) is 7.11 Å². The number of phenols is 1. The highest BCUT2D eigenvalue weighted by Gasteiger charge is 2.06. The van der Waals surface area contributed by atoms with E-state index >= 15 is 0 Å². The number of benzene rings is 2. The molecule has 0 aromatic heterocycles. The predicted molar refractivity (Wildman–Crippen MR) is 74.6 cm³/mol. The van der Waals surface area contributed by atoms with Crippen LogP contribution in [-0.2, 0) is 11.2 Å². The molecule has 0 unspecified atom stereocenters. The minimum Gasteiger partial charge on any atom is -0.508 e. The summed E-state index contributed by atoms with van der Waals surface area (Å²) in [6, 6.07) is 8.71. The van der Waals surface area contributed by atoms with Crippen molar-refractivity contribution < 1.29 is 18.8 Å². The molecule has 0 bridgehead atoms. The zero-order valence-electron chi connectivity index (χ0n) is 13.6. The van der Waals surface area contributed by atoms with Crippen molar-refractivity contribution in [3.63, 3.8) is 0 Å². The third-order valence-electron chi connectivity index (χ3n) is 2.91. The first-order valence-corrected chi connectivity index (χ1v) is 5.89. The summed E-state index contributed by atoms with van der Waals surface area (Å²) in [5, 5.41) is 13.9. The van der Waals surface area contributed by atoms with Gasteiger partial charge in [0, 0.05) is 17.5 Å². The van der Waals surface area contributed by atoms with Gasteiger partial charge in [-0.25, -0.2) is 0 Å². The Bertz CT molecular complexity index is 698. The Balaban J connectivity index is 2.21. The molecule has 0 atom stereocenters. The Labute approximate surface area is 116 Å². The minimum atomic E-state index is -2.65. The lowest BCUT2D eigenvalue weighted by Crippen LogP contribution is -2.22.